The smallest absolute Gasteiger partial charge is 0.220 e. The summed E-state index contributed by atoms with van der Waals surface area (Å²) in [5, 5.41) is 6.79. The maximum absolute atomic E-state index is 12.1. The van der Waals surface area contributed by atoms with E-state index in [4.69, 9.17) is 0 Å². The van der Waals surface area contributed by atoms with Crippen LogP contribution in [0.5, 0.6) is 0 Å². The molecule has 3 heterocycles. The second-order valence-corrected chi connectivity index (χ2v) is 7.91. The summed E-state index contributed by atoms with van der Waals surface area (Å²) in [4.78, 5) is 14.6. The number of amides is 1. The van der Waals surface area contributed by atoms with Crippen LogP contribution >= 0.6 is 24.8 Å². The molecule has 0 saturated carbocycles. The number of hydrogen-bond acceptors (Lipinski definition) is 3. The van der Waals surface area contributed by atoms with Gasteiger partial charge in [-0.3, -0.25) is 4.79 Å². The molecule has 4 nitrogen and oxygen atoms in total. The molecule has 0 aromatic rings. The van der Waals surface area contributed by atoms with Crippen LogP contribution in [-0.2, 0) is 4.79 Å². The van der Waals surface area contributed by atoms with E-state index in [0.29, 0.717) is 18.0 Å². The first-order valence-corrected chi connectivity index (χ1v) is 9.44. The van der Waals surface area contributed by atoms with E-state index in [1.54, 1.807) is 0 Å². The Morgan fingerprint density at radius 1 is 1.08 bits per heavy atom. The minimum absolute atomic E-state index is 0. The van der Waals surface area contributed by atoms with Crippen LogP contribution < -0.4 is 10.6 Å². The molecule has 0 aliphatic carbocycles. The van der Waals surface area contributed by atoms with Crippen molar-refractivity contribution in [3.8, 4) is 0 Å². The lowest BCUT2D eigenvalue weighted by atomic mass is 9.89. The maximum Gasteiger partial charge on any atom is 0.220 e. The van der Waals surface area contributed by atoms with Crippen molar-refractivity contribution in [1.29, 1.82) is 0 Å². The molecule has 2 atom stereocenters. The van der Waals surface area contributed by atoms with Crippen LogP contribution in [0, 0.1) is 11.8 Å². The molecule has 3 aliphatic rings. The molecule has 142 valence electrons. The van der Waals surface area contributed by atoms with Crippen LogP contribution in [0.25, 0.3) is 0 Å². The summed E-state index contributed by atoms with van der Waals surface area (Å²) in [6.45, 7) is 6.83. The molecule has 3 aliphatic heterocycles. The van der Waals surface area contributed by atoms with Gasteiger partial charge in [0.05, 0.1) is 0 Å². The summed E-state index contributed by atoms with van der Waals surface area (Å²) in [6, 6.07) is 1.39. The molecule has 0 spiro atoms. The van der Waals surface area contributed by atoms with Crippen LogP contribution in [0.3, 0.4) is 0 Å². The van der Waals surface area contributed by atoms with Crippen LogP contribution in [0.15, 0.2) is 0 Å². The highest BCUT2D eigenvalue weighted by Gasteiger charge is 2.34. The van der Waals surface area contributed by atoms with Gasteiger partial charge >= 0.3 is 0 Å². The SMILES string of the molecule is CC1CCN(CCCNC(=O)CC2CC3CCC(C2)N3)CC1.Cl.Cl. The Labute approximate surface area is 159 Å². The summed E-state index contributed by atoms with van der Waals surface area (Å²) in [5.41, 5.74) is 0. The van der Waals surface area contributed by atoms with Crippen molar-refractivity contribution in [3.05, 3.63) is 0 Å². The van der Waals surface area contributed by atoms with Gasteiger partial charge in [-0.2, -0.15) is 0 Å². The van der Waals surface area contributed by atoms with Gasteiger partial charge in [0.2, 0.25) is 5.91 Å². The van der Waals surface area contributed by atoms with Gasteiger partial charge in [-0.05, 0) is 76.4 Å². The fraction of sp³-hybridized carbons (Fsp3) is 0.944. The average molecular weight is 380 g/mol. The van der Waals surface area contributed by atoms with E-state index in [-0.39, 0.29) is 30.7 Å². The molecule has 0 radical (unpaired) electrons. The molecule has 2 unspecified atom stereocenters. The van der Waals surface area contributed by atoms with Crippen LogP contribution in [0.1, 0.15) is 58.3 Å². The van der Waals surface area contributed by atoms with Gasteiger partial charge in [0.1, 0.15) is 0 Å². The standard InChI is InChI=1S/C18H33N3O.2ClH/c1-14-5-9-21(10-6-14)8-2-7-19-18(22)13-15-11-16-3-4-17(12-15)20-16;;/h14-17,20H,2-13H2,1H3,(H,19,22);2*1H. The third-order valence-electron chi connectivity index (χ3n) is 5.89. The molecule has 24 heavy (non-hydrogen) atoms. The number of carbonyl (C=O) groups is 1. The van der Waals surface area contributed by atoms with E-state index >= 15 is 0 Å². The molecular formula is C18H35Cl2N3O. The fourth-order valence-electron chi connectivity index (χ4n) is 4.49. The summed E-state index contributed by atoms with van der Waals surface area (Å²) >= 11 is 0. The van der Waals surface area contributed by atoms with Crippen LogP contribution in [0.2, 0.25) is 0 Å². The largest absolute Gasteiger partial charge is 0.356 e. The number of fused-ring (bicyclic) bond motifs is 2. The van der Waals surface area contributed by atoms with Gasteiger partial charge in [0.15, 0.2) is 0 Å². The van der Waals surface area contributed by atoms with Crippen LogP contribution in [0.4, 0.5) is 0 Å². The maximum atomic E-state index is 12.1. The molecule has 0 aromatic heterocycles. The van der Waals surface area contributed by atoms with Gasteiger partial charge in [-0.25, -0.2) is 0 Å². The lowest BCUT2D eigenvalue weighted by molar-refractivity contribution is -0.122. The monoisotopic (exact) mass is 379 g/mol. The van der Waals surface area contributed by atoms with Gasteiger partial charge < -0.3 is 15.5 Å². The quantitative estimate of drug-likeness (QED) is 0.697. The molecule has 2 N–H and O–H groups in total. The normalized spacial score (nSPS) is 30.3. The number of carbonyl (C=O) groups excluding carboxylic acids is 1. The molecule has 3 fully saturated rings. The first-order chi connectivity index (χ1) is 10.7. The predicted molar refractivity (Wildman–Crippen MR) is 104 cm³/mol. The van der Waals surface area contributed by atoms with Gasteiger partial charge in [0.25, 0.3) is 0 Å². The van der Waals surface area contributed by atoms with Crippen molar-refractivity contribution in [3.63, 3.8) is 0 Å². The van der Waals surface area contributed by atoms with Gasteiger partial charge in [-0.15, -0.1) is 24.8 Å². The lowest BCUT2D eigenvalue weighted by Gasteiger charge is -2.30. The third kappa shape index (κ3) is 6.70. The van der Waals surface area contributed by atoms with Crippen molar-refractivity contribution < 1.29 is 4.79 Å². The van der Waals surface area contributed by atoms with Gasteiger partial charge in [0, 0.05) is 25.0 Å². The molecule has 3 rings (SSSR count). The minimum Gasteiger partial charge on any atom is -0.356 e. The number of nitrogens with one attached hydrogen (secondary N) is 2. The second-order valence-electron chi connectivity index (χ2n) is 7.91. The average Bonchev–Trinajstić information content (AvgIpc) is 2.84. The molecule has 3 saturated heterocycles. The summed E-state index contributed by atoms with van der Waals surface area (Å²) in [5.74, 6) is 1.79. The van der Waals surface area contributed by atoms with E-state index < -0.39 is 0 Å². The Hall–Kier alpha value is -0.0300. The Bertz CT molecular complexity index is 363. The van der Waals surface area contributed by atoms with E-state index in [0.717, 1.165) is 31.8 Å². The van der Waals surface area contributed by atoms with E-state index in [1.165, 1.54) is 51.6 Å². The first-order valence-electron chi connectivity index (χ1n) is 9.44. The minimum atomic E-state index is 0. The zero-order valence-electron chi connectivity index (χ0n) is 15.0. The van der Waals surface area contributed by atoms with Crippen LogP contribution in [-0.4, -0.2) is 49.1 Å². The number of piperidine rings is 2. The fourth-order valence-corrected chi connectivity index (χ4v) is 4.49. The highest BCUT2D eigenvalue weighted by Crippen LogP contribution is 2.32. The third-order valence-corrected chi connectivity index (χ3v) is 5.89. The Balaban J connectivity index is 0.00000144. The number of hydrogen-bond donors (Lipinski definition) is 2. The molecule has 0 aromatic carbocycles. The van der Waals surface area contributed by atoms with E-state index in [1.807, 2.05) is 0 Å². The van der Waals surface area contributed by atoms with Crippen molar-refractivity contribution in [2.24, 2.45) is 11.8 Å². The van der Waals surface area contributed by atoms with Gasteiger partial charge in [-0.1, -0.05) is 6.92 Å². The Morgan fingerprint density at radius 3 is 2.33 bits per heavy atom. The highest BCUT2D eigenvalue weighted by atomic mass is 35.5. The van der Waals surface area contributed by atoms with E-state index in [9.17, 15) is 4.79 Å². The summed E-state index contributed by atoms with van der Waals surface area (Å²) in [7, 11) is 0. The number of halogens is 2. The number of likely N-dealkylation sites (tertiary alicyclic amines) is 1. The molecule has 1 amide bonds. The van der Waals surface area contributed by atoms with E-state index in [2.05, 4.69) is 22.5 Å². The topological polar surface area (TPSA) is 44.4 Å². The molecule has 6 heteroatoms. The second kappa shape index (κ2) is 10.8. The zero-order valence-corrected chi connectivity index (χ0v) is 16.6. The Kier molecular flexibility index (Phi) is 9.95. The highest BCUT2D eigenvalue weighted by molar-refractivity contribution is 5.85. The Morgan fingerprint density at radius 2 is 1.71 bits per heavy atom. The number of rotatable bonds is 6. The first kappa shape index (κ1) is 22.0. The number of nitrogens with zero attached hydrogens (tertiary/aromatic N) is 1. The van der Waals surface area contributed by atoms with Crippen molar-refractivity contribution in [1.82, 2.24) is 15.5 Å². The molecule has 2 bridgehead atoms. The summed E-state index contributed by atoms with van der Waals surface area (Å²) < 4.78 is 0. The molecular weight excluding hydrogens is 345 g/mol. The van der Waals surface area contributed by atoms with Crippen molar-refractivity contribution in [2.75, 3.05) is 26.2 Å². The summed E-state index contributed by atoms with van der Waals surface area (Å²) in [6.07, 6.45) is 9.56. The zero-order chi connectivity index (χ0) is 15.4. The van der Waals surface area contributed by atoms with Crippen molar-refractivity contribution in [2.45, 2.75) is 70.4 Å². The lowest BCUT2D eigenvalue weighted by Crippen LogP contribution is -2.40. The van der Waals surface area contributed by atoms with Crippen molar-refractivity contribution >= 4 is 30.7 Å². The predicted octanol–water partition coefficient (Wildman–Crippen LogP) is 2.99.